The highest BCUT2D eigenvalue weighted by atomic mass is 16.5. The van der Waals surface area contributed by atoms with E-state index in [-0.39, 0.29) is 17.7 Å². The molecule has 0 amide bonds. The lowest BCUT2D eigenvalue weighted by molar-refractivity contribution is 0.175. The summed E-state index contributed by atoms with van der Waals surface area (Å²) < 4.78 is 6.15. The van der Waals surface area contributed by atoms with E-state index in [4.69, 9.17) is 15.5 Å². The number of fused-ring (bicyclic) bond motifs is 1. The topological polar surface area (TPSA) is 84.0 Å². The van der Waals surface area contributed by atoms with Crippen LogP contribution in [0.25, 0.3) is 0 Å². The lowest BCUT2D eigenvalue weighted by Crippen LogP contribution is -2.40. The van der Waals surface area contributed by atoms with Gasteiger partial charge in [-0.3, -0.25) is 4.99 Å². The summed E-state index contributed by atoms with van der Waals surface area (Å²) in [5.74, 6) is 1.73. The van der Waals surface area contributed by atoms with E-state index in [0.29, 0.717) is 13.1 Å². The molecule has 3 atom stereocenters. The number of aliphatic imine (C=N–C) groups is 1. The third-order valence-electron chi connectivity index (χ3n) is 6.25. The van der Waals surface area contributed by atoms with Crippen LogP contribution in [0.15, 0.2) is 41.5 Å². The van der Waals surface area contributed by atoms with Gasteiger partial charge < -0.3 is 20.5 Å². The summed E-state index contributed by atoms with van der Waals surface area (Å²) in [6.45, 7) is 5.36. The second kappa shape index (κ2) is 6.29. The van der Waals surface area contributed by atoms with Crippen molar-refractivity contribution in [1.29, 1.82) is 0 Å². The first-order valence-corrected chi connectivity index (χ1v) is 9.97. The fourth-order valence-corrected chi connectivity index (χ4v) is 4.08. The number of aromatic nitrogens is 1. The molecule has 5 rings (SSSR count). The maximum atomic E-state index is 10.1. The normalized spacial score (nSPS) is 27.5. The monoisotopic (exact) mass is 378 g/mol. The highest BCUT2D eigenvalue weighted by molar-refractivity contribution is 6.15. The van der Waals surface area contributed by atoms with Crippen LogP contribution in [0.1, 0.15) is 43.4 Å². The number of nitrogens with zero attached hydrogens (tertiary/aromatic N) is 3. The Hall–Kier alpha value is -2.44. The Bertz CT molecular complexity index is 953. The summed E-state index contributed by atoms with van der Waals surface area (Å²) in [7, 11) is 0. The third-order valence-corrected chi connectivity index (χ3v) is 6.25. The lowest BCUT2D eigenvalue weighted by Gasteiger charge is -2.24. The van der Waals surface area contributed by atoms with Gasteiger partial charge in [0.05, 0.1) is 24.4 Å². The molecule has 0 unspecified atom stereocenters. The maximum absolute atomic E-state index is 10.1. The molecule has 0 bridgehead atoms. The molecule has 6 heteroatoms. The Morgan fingerprint density at radius 1 is 1.25 bits per heavy atom. The molecule has 0 radical (unpaired) electrons. The van der Waals surface area contributed by atoms with E-state index in [9.17, 15) is 5.11 Å². The van der Waals surface area contributed by atoms with E-state index in [2.05, 4.69) is 28.9 Å². The van der Waals surface area contributed by atoms with Gasteiger partial charge in [-0.2, -0.15) is 0 Å². The minimum absolute atomic E-state index is 0.000521. The Morgan fingerprint density at radius 3 is 2.79 bits per heavy atom. The molecule has 1 aromatic carbocycles. The predicted octanol–water partition coefficient (Wildman–Crippen LogP) is 2.26. The quantitative estimate of drug-likeness (QED) is 0.853. The number of β-amino-alcohol motifs (C(OH)–C–C–N with tert-alkyl or cyclic N) is 1. The molecule has 1 aromatic heterocycles. The van der Waals surface area contributed by atoms with Crippen LogP contribution in [0, 0.1) is 0 Å². The zero-order valence-electron chi connectivity index (χ0n) is 16.3. The van der Waals surface area contributed by atoms with Gasteiger partial charge >= 0.3 is 0 Å². The van der Waals surface area contributed by atoms with Gasteiger partial charge in [-0.25, -0.2) is 4.98 Å². The van der Waals surface area contributed by atoms with Crippen molar-refractivity contribution < 1.29 is 9.84 Å². The number of benzene rings is 1. The number of pyridine rings is 1. The molecule has 2 aliphatic heterocycles. The first-order chi connectivity index (χ1) is 13.4. The molecule has 1 saturated carbocycles. The van der Waals surface area contributed by atoms with Crippen LogP contribution in [-0.4, -0.2) is 46.1 Å². The Morgan fingerprint density at radius 2 is 2.07 bits per heavy atom. The predicted molar refractivity (Wildman–Crippen MR) is 109 cm³/mol. The second-order valence-corrected chi connectivity index (χ2v) is 8.48. The van der Waals surface area contributed by atoms with Crippen LogP contribution in [0.5, 0.6) is 5.75 Å². The Balaban J connectivity index is 1.45. The minimum atomic E-state index is -0.534. The molecule has 3 aliphatic rings. The van der Waals surface area contributed by atoms with E-state index in [0.717, 1.165) is 41.2 Å². The van der Waals surface area contributed by atoms with E-state index in [1.165, 1.54) is 5.56 Å². The first kappa shape index (κ1) is 17.6. The van der Waals surface area contributed by atoms with Gasteiger partial charge in [0.15, 0.2) is 0 Å². The third kappa shape index (κ3) is 2.97. The Kier molecular flexibility index (Phi) is 3.96. The van der Waals surface area contributed by atoms with E-state index in [1.54, 1.807) is 6.20 Å². The molecule has 146 valence electrons. The lowest BCUT2D eigenvalue weighted by atomic mass is 10.0. The standard InChI is InChI=1S/C22H26N4O2/c1-13-20(23)18(27)12-26(13)19-9-14(5-8-24-19)21-17-10-16(28-22(2)6-7-22)4-3-15(17)11-25-21/h3-5,8-10,13,18,20,27H,6-7,11-12,23H2,1-2H3/t13-,18-,20-/m0/s1. The summed E-state index contributed by atoms with van der Waals surface area (Å²) in [5.41, 5.74) is 10.4. The molecule has 1 saturated heterocycles. The minimum Gasteiger partial charge on any atom is -0.488 e. The Labute approximate surface area is 165 Å². The number of hydrogen-bond acceptors (Lipinski definition) is 6. The van der Waals surface area contributed by atoms with Crippen molar-refractivity contribution in [2.45, 2.75) is 57.0 Å². The van der Waals surface area contributed by atoms with Gasteiger partial charge in [0, 0.05) is 29.9 Å². The maximum Gasteiger partial charge on any atom is 0.129 e. The highest BCUT2D eigenvalue weighted by Crippen LogP contribution is 2.40. The largest absolute Gasteiger partial charge is 0.488 e. The van der Waals surface area contributed by atoms with Crippen molar-refractivity contribution in [3.8, 4) is 5.75 Å². The molecule has 6 nitrogen and oxygen atoms in total. The zero-order valence-corrected chi connectivity index (χ0v) is 16.3. The molecule has 0 spiro atoms. The van der Waals surface area contributed by atoms with Crippen LogP contribution in [0.4, 0.5) is 5.82 Å². The summed E-state index contributed by atoms with van der Waals surface area (Å²) in [6.07, 6.45) is 3.50. The molecular formula is C22H26N4O2. The van der Waals surface area contributed by atoms with Gasteiger partial charge in [0.2, 0.25) is 0 Å². The fourth-order valence-electron chi connectivity index (χ4n) is 4.08. The van der Waals surface area contributed by atoms with Crippen LogP contribution in [0.3, 0.4) is 0 Å². The average molecular weight is 378 g/mol. The van der Waals surface area contributed by atoms with Gasteiger partial charge in [-0.15, -0.1) is 0 Å². The van der Waals surface area contributed by atoms with Gasteiger partial charge in [0.1, 0.15) is 17.2 Å². The van der Waals surface area contributed by atoms with Crippen molar-refractivity contribution in [3.05, 3.63) is 53.2 Å². The number of anilines is 1. The van der Waals surface area contributed by atoms with E-state index < -0.39 is 6.10 Å². The fraction of sp³-hybridized carbons (Fsp3) is 0.455. The average Bonchev–Trinajstić information content (AvgIpc) is 3.17. The van der Waals surface area contributed by atoms with Crippen LogP contribution >= 0.6 is 0 Å². The molecule has 1 aliphatic carbocycles. The van der Waals surface area contributed by atoms with Crippen molar-refractivity contribution >= 4 is 11.5 Å². The van der Waals surface area contributed by atoms with Crippen molar-refractivity contribution in [1.82, 2.24) is 4.98 Å². The number of hydrogen-bond donors (Lipinski definition) is 2. The van der Waals surface area contributed by atoms with Crippen LogP contribution in [0.2, 0.25) is 0 Å². The molecule has 2 fully saturated rings. The first-order valence-electron chi connectivity index (χ1n) is 9.97. The number of aliphatic hydroxyl groups is 1. The summed E-state index contributed by atoms with van der Waals surface area (Å²) in [4.78, 5) is 11.4. The molecule has 3 N–H and O–H groups in total. The van der Waals surface area contributed by atoms with Crippen molar-refractivity contribution in [3.63, 3.8) is 0 Å². The van der Waals surface area contributed by atoms with Gasteiger partial charge in [0.25, 0.3) is 0 Å². The summed E-state index contributed by atoms with van der Waals surface area (Å²) in [5, 5.41) is 10.1. The molecular weight excluding hydrogens is 352 g/mol. The van der Waals surface area contributed by atoms with Crippen LogP contribution in [-0.2, 0) is 6.54 Å². The number of ether oxygens (including phenoxy) is 1. The van der Waals surface area contributed by atoms with Crippen LogP contribution < -0.4 is 15.4 Å². The van der Waals surface area contributed by atoms with E-state index >= 15 is 0 Å². The molecule has 28 heavy (non-hydrogen) atoms. The number of nitrogens with two attached hydrogens (primary N) is 1. The number of aliphatic hydroxyl groups excluding tert-OH is 1. The smallest absolute Gasteiger partial charge is 0.129 e. The number of rotatable bonds is 4. The summed E-state index contributed by atoms with van der Waals surface area (Å²) >= 11 is 0. The van der Waals surface area contributed by atoms with Crippen molar-refractivity contribution in [2.75, 3.05) is 11.4 Å². The summed E-state index contributed by atoms with van der Waals surface area (Å²) in [6, 6.07) is 10.1. The van der Waals surface area contributed by atoms with Gasteiger partial charge in [-0.1, -0.05) is 6.07 Å². The molecule has 2 aromatic rings. The molecule has 3 heterocycles. The highest BCUT2D eigenvalue weighted by Gasteiger charge is 2.40. The zero-order chi connectivity index (χ0) is 19.5. The van der Waals surface area contributed by atoms with Crippen molar-refractivity contribution in [2.24, 2.45) is 10.7 Å². The second-order valence-electron chi connectivity index (χ2n) is 8.48. The van der Waals surface area contributed by atoms with Gasteiger partial charge in [-0.05, 0) is 56.5 Å². The van der Waals surface area contributed by atoms with E-state index in [1.807, 2.05) is 25.1 Å². The SMILES string of the molecule is C[C@H]1[C@H](N)[C@@H](O)CN1c1cc(C2=NCc3ccc(OC4(C)CC4)cc32)ccn1.